The Morgan fingerprint density at radius 2 is 2.24 bits per heavy atom. The van der Waals surface area contributed by atoms with Crippen molar-refractivity contribution in [1.29, 1.82) is 0 Å². The lowest BCUT2D eigenvalue weighted by Gasteiger charge is -2.25. The Labute approximate surface area is 146 Å². The van der Waals surface area contributed by atoms with Crippen molar-refractivity contribution >= 4 is 11.8 Å². The molecule has 2 aromatic heterocycles. The topological polar surface area (TPSA) is 93.0 Å². The van der Waals surface area contributed by atoms with Crippen LogP contribution in [0.15, 0.2) is 24.9 Å². The van der Waals surface area contributed by atoms with Gasteiger partial charge in [-0.2, -0.15) is 0 Å². The van der Waals surface area contributed by atoms with Crippen LogP contribution in [0.25, 0.3) is 0 Å². The Kier molecular flexibility index (Phi) is 5.06. The molecule has 25 heavy (non-hydrogen) atoms. The van der Waals surface area contributed by atoms with Crippen LogP contribution in [0, 0.1) is 6.92 Å². The summed E-state index contributed by atoms with van der Waals surface area (Å²) in [5, 5.41) is 2.89. The summed E-state index contributed by atoms with van der Waals surface area (Å²) in [7, 11) is 0. The number of likely N-dealkylation sites (tertiary alicyclic amines) is 1. The number of carbonyl (C=O) groups is 2. The molecule has 1 unspecified atom stereocenters. The maximum atomic E-state index is 12.1. The van der Waals surface area contributed by atoms with Gasteiger partial charge in [0.25, 0.3) is 0 Å². The summed E-state index contributed by atoms with van der Waals surface area (Å²) in [6.07, 6.45) is 8.56. The summed E-state index contributed by atoms with van der Waals surface area (Å²) in [5.41, 5.74) is 1.69. The fourth-order valence-electron chi connectivity index (χ4n) is 3.16. The van der Waals surface area contributed by atoms with Gasteiger partial charge in [-0.15, -0.1) is 0 Å². The number of rotatable bonds is 5. The van der Waals surface area contributed by atoms with Gasteiger partial charge in [-0.3, -0.25) is 9.59 Å². The molecule has 8 heteroatoms. The number of amides is 2. The number of hydrogen-bond acceptors (Lipinski definition) is 5. The van der Waals surface area contributed by atoms with Gasteiger partial charge in [-0.05, 0) is 19.8 Å². The van der Waals surface area contributed by atoms with Crippen LogP contribution in [-0.4, -0.2) is 42.8 Å². The van der Waals surface area contributed by atoms with Crippen molar-refractivity contribution in [2.75, 3.05) is 6.54 Å². The van der Waals surface area contributed by atoms with Crippen molar-refractivity contribution in [3.05, 3.63) is 42.0 Å². The number of nitrogens with zero attached hydrogens (tertiary/aromatic N) is 5. The maximum Gasteiger partial charge on any atom is 0.240 e. The first-order chi connectivity index (χ1) is 12.0. The molecule has 1 atom stereocenters. The van der Waals surface area contributed by atoms with Crippen LogP contribution < -0.4 is 5.32 Å². The summed E-state index contributed by atoms with van der Waals surface area (Å²) >= 11 is 0. The van der Waals surface area contributed by atoms with Gasteiger partial charge < -0.3 is 14.8 Å². The fraction of sp³-hybridized carbons (Fsp3) is 0.471. The van der Waals surface area contributed by atoms with Gasteiger partial charge in [0, 0.05) is 44.2 Å². The van der Waals surface area contributed by atoms with Crippen molar-refractivity contribution in [1.82, 2.24) is 29.7 Å². The third kappa shape index (κ3) is 4.01. The third-order valence-electron chi connectivity index (χ3n) is 4.35. The van der Waals surface area contributed by atoms with Gasteiger partial charge in [0.2, 0.25) is 11.8 Å². The second-order valence-corrected chi connectivity index (χ2v) is 6.21. The minimum atomic E-state index is -0.112. The lowest BCUT2D eigenvalue weighted by atomic mass is 10.1. The van der Waals surface area contributed by atoms with E-state index in [1.807, 2.05) is 11.8 Å². The molecular weight excluding hydrogens is 320 g/mol. The summed E-state index contributed by atoms with van der Waals surface area (Å²) in [6.45, 7) is 4.71. The average Bonchev–Trinajstić information content (AvgIpc) is 3.25. The van der Waals surface area contributed by atoms with Gasteiger partial charge >= 0.3 is 0 Å². The molecule has 0 spiro atoms. The highest BCUT2D eigenvalue weighted by molar-refractivity contribution is 5.76. The summed E-state index contributed by atoms with van der Waals surface area (Å²) in [5.74, 6) is 0.604. The van der Waals surface area contributed by atoms with Crippen LogP contribution in [0.2, 0.25) is 0 Å². The summed E-state index contributed by atoms with van der Waals surface area (Å²) in [6, 6.07) is -0.0419. The number of hydrogen-bond donors (Lipinski definition) is 1. The number of carbonyl (C=O) groups excluding carboxylic acids is 2. The molecule has 3 rings (SSSR count). The predicted molar refractivity (Wildman–Crippen MR) is 90.2 cm³/mol. The monoisotopic (exact) mass is 342 g/mol. The van der Waals surface area contributed by atoms with E-state index >= 15 is 0 Å². The number of nitrogens with one attached hydrogen (secondary N) is 1. The Bertz CT molecular complexity index is 759. The molecule has 0 aromatic carbocycles. The molecule has 132 valence electrons. The maximum absolute atomic E-state index is 12.1. The highest BCUT2D eigenvalue weighted by Gasteiger charge is 2.31. The molecule has 2 amide bonds. The van der Waals surface area contributed by atoms with E-state index in [-0.39, 0.29) is 24.4 Å². The normalized spacial score (nSPS) is 16.9. The molecular formula is C17H22N6O2. The fourth-order valence-corrected chi connectivity index (χ4v) is 3.16. The van der Waals surface area contributed by atoms with E-state index in [4.69, 9.17) is 0 Å². The molecule has 8 nitrogen and oxygen atoms in total. The molecule has 1 aliphatic heterocycles. The zero-order valence-electron chi connectivity index (χ0n) is 14.5. The first-order valence-electron chi connectivity index (χ1n) is 8.36. The number of imidazole rings is 1. The molecule has 2 aromatic rings. The largest absolute Gasteiger partial charge is 0.350 e. The minimum Gasteiger partial charge on any atom is -0.350 e. The van der Waals surface area contributed by atoms with Crippen molar-refractivity contribution in [2.24, 2.45) is 0 Å². The van der Waals surface area contributed by atoms with Crippen LogP contribution in [0.1, 0.15) is 42.9 Å². The van der Waals surface area contributed by atoms with Gasteiger partial charge in [-0.1, -0.05) is 0 Å². The second kappa shape index (κ2) is 7.42. The van der Waals surface area contributed by atoms with Crippen molar-refractivity contribution in [3.63, 3.8) is 0 Å². The van der Waals surface area contributed by atoms with Gasteiger partial charge in [0.05, 0.1) is 18.1 Å². The lowest BCUT2D eigenvalue weighted by molar-refractivity contribution is -0.129. The van der Waals surface area contributed by atoms with E-state index in [1.54, 1.807) is 36.4 Å². The van der Waals surface area contributed by atoms with E-state index in [9.17, 15) is 9.59 Å². The minimum absolute atomic E-state index is 0.0419. The Balaban J connectivity index is 1.73. The second-order valence-electron chi connectivity index (χ2n) is 6.21. The van der Waals surface area contributed by atoms with Crippen molar-refractivity contribution in [2.45, 2.75) is 45.8 Å². The molecule has 1 aliphatic rings. The quantitative estimate of drug-likeness (QED) is 0.874. The predicted octanol–water partition coefficient (Wildman–Crippen LogP) is 0.981. The zero-order valence-corrected chi connectivity index (χ0v) is 14.5. The Morgan fingerprint density at radius 3 is 2.96 bits per heavy atom. The smallest absolute Gasteiger partial charge is 0.240 e. The van der Waals surface area contributed by atoms with Crippen molar-refractivity contribution < 1.29 is 9.59 Å². The van der Waals surface area contributed by atoms with E-state index in [1.165, 1.54) is 0 Å². The van der Waals surface area contributed by atoms with E-state index in [0.717, 1.165) is 30.6 Å². The molecule has 0 radical (unpaired) electrons. The number of aryl methyl sites for hydroxylation is 1. The molecule has 1 saturated heterocycles. The molecule has 1 fully saturated rings. The van der Waals surface area contributed by atoms with Gasteiger partial charge in [0.1, 0.15) is 12.4 Å². The van der Waals surface area contributed by atoms with E-state index in [2.05, 4.69) is 20.3 Å². The summed E-state index contributed by atoms with van der Waals surface area (Å²) < 4.78 is 1.70. The van der Waals surface area contributed by atoms with Gasteiger partial charge in [-0.25, -0.2) is 15.0 Å². The molecule has 3 heterocycles. The van der Waals surface area contributed by atoms with Crippen LogP contribution in [-0.2, 0) is 22.7 Å². The Hall–Kier alpha value is -2.77. The summed E-state index contributed by atoms with van der Waals surface area (Å²) in [4.78, 5) is 38.6. The first kappa shape index (κ1) is 17.1. The zero-order chi connectivity index (χ0) is 17.8. The molecule has 0 bridgehead atoms. The number of aromatic nitrogens is 4. The molecule has 0 saturated carbocycles. The highest BCUT2D eigenvalue weighted by Crippen LogP contribution is 2.32. The van der Waals surface area contributed by atoms with Crippen molar-refractivity contribution in [3.8, 4) is 0 Å². The third-order valence-corrected chi connectivity index (χ3v) is 4.35. The highest BCUT2D eigenvalue weighted by atomic mass is 16.2. The lowest BCUT2D eigenvalue weighted by Crippen LogP contribution is -2.31. The van der Waals surface area contributed by atoms with Crippen LogP contribution in [0.5, 0.6) is 0 Å². The van der Waals surface area contributed by atoms with Crippen LogP contribution >= 0.6 is 0 Å². The Morgan fingerprint density at radius 1 is 1.40 bits per heavy atom. The molecule has 1 N–H and O–H groups in total. The SMILES string of the molecule is CC(=O)N1CCCC1c1nc(C)ncc1CNC(=O)Cn1ccnc1. The van der Waals surface area contributed by atoms with Gasteiger partial charge in [0.15, 0.2) is 0 Å². The molecule has 0 aliphatic carbocycles. The first-order valence-corrected chi connectivity index (χ1v) is 8.36. The van der Waals surface area contributed by atoms with E-state index < -0.39 is 0 Å². The van der Waals surface area contributed by atoms with Crippen LogP contribution in [0.3, 0.4) is 0 Å². The standard InChI is InChI=1S/C17H22N6O2/c1-12-19-8-14(9-20-16(25)10-22-7-5-18-11-22)17(21-12)15-4-3-6-23(15)13(2)24/h5,7-8,11,15H,3-4,6,9-10H2,1-2H3,(H,20,25). The van der Waals surface area contributed by atoms with Crippen LogP contribution in [0.4, 0.5) is 0 Å². The van der Waals surface area contributed by atoms with E-state index in [0.29, 0.717) is 12.4 Å². The average molecular weight is 342 g/mol.